The average molecular weight is 389 g/mol. The molecule has 0 saturated heterocycles. The van der Waals surface area contributed by atoms with Gasteiger partial charge in [0.25, 0.3) is 0 Å². The molecule has 0 bridgehead atoms. The molecule has 0 amide bonds. The molecule has 0 N–H and O–H groups in total. The van der Waals surface area contributed by atoms with E-state index >= 15 is 0 Å². The van der Waals surface area contributed by atoms with Gasteiger partial charge in [0.05, 0.1) is 18.1 Å². The molecule has 0 fully saturated rings. The summed E-state index contributed by atoms with van der Waals surface area (Å²) in [4.78, 5) is 7.84. The summed E-state index contributed by atoms with van der Waals surface area (Å²) in [5.41, 5.74) is 1.47. The first kappa shape index (κ1) is 23.7. The summed E-state index contributed by atoms with van der Waals surface area (Å²) >= 11 is 0. The van der Waals surface area contributed by atoms with Crippen LogP contribution in [0, 0.1) is 0 Å². The minimum Gasteiger partial charge on any atom is -0.448 e. The SMILES string of the molecule is CC(C)(C)c1cnco1.CC(C)(C)c1ncco1.Cn1ccc(C(C)(C)C)n1. The predicted octanol–water partition coefficient (Wildman–Crippen LogP) is 5.66. The van der Waals surface area contributed by atoms with Gasteiger partial charge in [0.2, 0.25) is 0 Å². The van der Waals surface area contributed by atoms with E-state index in [1.807, 2.05) is 17.9 Å². The molecule has 0 aliphatic carbocycles. The molecule has 3 aromatic rings. The molecule has 0 aliphatic heterocycles. The van der Waals surface area contributed by atoms with Crippen molar-refractivity contribution in [2.75, 3.05) is 0 Å². The number of hydrogen-bond acceptors (Lipinski definition) is 5. The van der Waals surface area contributed by atoms with Crippen LogP contribution in [-0.2, 0) is 23.3 Å². The Morgan fingerprint density at radius 2 is 1.50 bits per heavy atom. The van der Waals surface area contributed by atoms with Crippen molar-refractivity contribution in [1.29, 1.82) is 0 Å². The third-order valence-electron chi connectivity index (χ3n) is 3.73. The number of aryl methyl sites for hydroxylation is 1. The Hall–Kier alpha value is -2.37. The van der Waals surface area contributed by atoms with Gasteiger partial charge >= 0.3 is 0 Å². The van der Waals surface area contributed by atoms with Gasteiger partial charge in [-0.05, 0) is 6.07 Å². The maximum Gasteiger partial charge on any atom is 0.199 e. The van der Waals surface area contributed by atoms with E-state index in [9.17, 15) is 0 Å². The molecule has 156 valence electrons. The van der Waals surface area contributed by atoms with Crippen molar-refractivity contribution < 1.29 is 8.83 Å². The number of aromatic nitrogens is 4. The molecule has 3 aromatic heterocycles. The van der Waals surface area contributed by atoms with E-state index in [0.29, 0.717) is 0 Å². The molecule has 0 atom stereocenters. The summed E-state index contributed by atoms with van der Waals surface area (Å²) in [5, 5.41) is 4.30. The maximum atomic E-state index is 5.09. The maximum absolute atomic E-state index is 5.09. The van der Waals surface area contributed by atoms with Crippen LogP contribution in [0.4, 0.5) is 0 Å². The summed E-state index contributed by atoms with van der Waals surface area (Å²) in [7, 11) is 1.94. The van der Waals surface area contributed by atoms with Crippen LogP contribution in [-0.4, -0.2) is 19.7 Å². The lowest BCUT2D eigenvalue weighted by Gasteiger charge is -2.13. The topological polar surface area (TPSA) is 69.9 Å². The van der Waals surface area contributed by atoms with Gasteiger partial charge in [-0.15, -0.1) is 0 Å². The lowest BCUT2D eigenvalue weighted by Crippen LogP contribution is -2.12. The molecule has 0 unspecified atom stereocenters. The summed E-state index contributed by atoms with van der Waals surface area (Å²) in [6.07, 6.45) is 8.45. The lowest BCUT2D eigenvalue weighted by atomic mass is 9.93. The Balaban J connectivity index is 0.000000210. The second kappa shape index (κ2) is 9.22. The van der Waals surface area contributed by atoms with Crippen molar-refractivity contribution in [1.82, 2.24) is 19.7 Å². The van der Waals surface area contributed by atoms with Crippen LogP contribution in [0.3, 0.4) is 0 Å². The fourth-order valence-electron chi connectivity index (χ4n) is 2.00. The molecule has 0 radical (unpaired) electrons. The number of rotatable bonds is 0. The van der Waals surface area contributed by atoms with E-state index < -0.39 is 0 Å². The Morgan fingerprint density at radius 3 is 1.71 bits per heavy atom. The molecular formula is C22H36N4O2. The van der Waals surface area contributed by atoms with Crippen molar-refractivity contribution in [2.24, 2.45) is 7.05 Å². The van der Waals surface area contributed by atoms with Gasteiger partial charge in [0.1, 0.15) is 12.0 Å². The minimum atomic E-state index is 0.0451. The van der Waals surface area contributed by atoms with Crippen molar-refractivity contribution in [3.05, 3.63) is 54.7 Å². The summed E-state index contributed by atoms with van der Waals surface area (Å²) < 4.78 is 12.0. The van der Waals surface area contributed by atoms with Gasteiger partial charge in [-0.2, -0.15) is 5.10 Å². The van der Waals surface area contributed by atoms with E-state index in [1.54, 1.807) is 18.7 Å². The molecule has 0 saturated carbocycles. The van der Waals surface area contributed by atoms with Crippen molar-refractivity contribution in [2.45, 2.75) is 78.6 Å². The second-order valence-electron chi connectivity index (χ2n) is 9.83. The zero-order valence-electron chi connectivity index (χ0n) is 19.1. The largest absolute Gasteiger partial charge is 0.448 e. The highest BCUT2D eigenvalue weighted by Crippen LogP contribution is 2.21. The third kappa shape index (κ3) is 8.11. The van der Waals surface area contributed by atoms with Crippen LogP contribution in [0.2, 0.25) is 0 Å². The second-order valence-corrected chi connectivity index (χ2v) is 9.83. The van der Waals surface area contributed by atoms with Crippen LogP contribution >= 0.6 is 0 Å². The normalized spacial score (nSPS) is 11.9. The van der Waals surface area contributed by atoms with Crippen LogP contribution in [0.1, 0.15) is 79.7 Å². The van der Waals surface area contributed by atoms with E-state index in [2.05, 4.69) is 83.4 Å². The lowest BCUT2D eigenvalue weighted by molar-refractivity contribution is 0.392. The van der Waals surface area contributed by atoms with Gasteiger partial charge in [0.15, 0.2) is 12.3 Å². The van der Waals surface area contributed by atoms with E-state index in [-0.39, 0.29) is 16.2 Å². The highest BCUT2D eigenvalue weighted by Gasteiger charge is 2.18. The molecule has 0 spiro atoms. The number of oxazole rings is 2. The molecular weight excluding hydrogens is 352 g/mol. The Morgan fingerprint density at radius 1 is 0.857 bits per heavy atom. The quantitative estimate of drug-likeness (QED) is 0.497. The van der Waals surface area contributed by atoms with Crippen molar-refractivity contribution in [3.63, 3.8) is 0 Å². The minimum absolute atomic E-state index is 0.0451. The number of hydrogen-bond donors (Lipinski definition) is 0. The van der Waals surface area contributed by atoms with E-state index in [4.69, 9.17) is 8.83 Å². The monoisotopic (exact) mass is 388 g/mol. The van der Waals surface area contributed by atoms with Crippen LogP contribution in [0.15, 0.2) is 46.1 Å². The summed E-state index contributed by atoms with van der Waals surface area (Å²) in [6.45, 7) is 19.0. The fourth-order valence-corrected chi connectivity index (χ4v) is 2.00. The van der Waals surface area contributed by atoms with E-state index in [0.717, 1.165) is 17.3 Å². The predicted molar refractivity (Wildman–Crippen MR) is 112 cm³/mol. The average Bonchev–Trinajstić information content (AvgIpc) is 3.29. The molecule has 0 aromatic carbocycles. The van der Waals surface area contributed by atoms with Gasteiger partial charge in [-0.25, -0.2) is 9.97 Å². The van der Waals surface area contributed by atoms with Crippen LogP contribution < -0.4 is 0 Å². The van der Waals surface area contributed by atoms with Crippen molar-refractivity contribution in [3.8, 4) is 0 Å². The highest BCUT2D eigenvalue weighted by molar-refractivity contribution is 5.09. The fraction of sp³-hybridized carbons (Fsp3) is 0.591. The first-order valence-corrected chi connectivity index (χ1v) is 9.50. The first-order chi connectivity index (χ1) is 12.7. The summed E-state index contributed by atoms with van der Waals surface area (Å²) in [6, 6.07) is 2.06. The van der Waals surface area contributed by atoms with Gasteiger partial charge in [0, 0.05) is 29.5 Å². The number of nitrogens with zero attached hydrogens (tertiary/aromatic N) is 4. The van der Waals surface area contributed by atoms with Gasteiger partial charge in [-0.1, -0.05) is 62.3 Å². The molecule has 3 heterocycles. The Bertz CT molecular complexity index is 737. The zero-order chi connectivity index (χ0) is 21.6. The molecule has 3 rings (SSSR count). The van der Waals surface area contributed by atoms with Crippen molar-refractivity contribution >= 4 is 0 Å². The zero-order valence-corrected chi connectivity index (χ0v) is 19.1. The summed E-state index contributed by atoms with van der Waals surface area (Å²) in [5.74, 6) is 1.73. The standard InChI is InChI=1S/C8H14N2.2C7H11NO/c1-8(2,3)7-5-6-10(4)9-7;1-7(2,3)6-4-8-5-9-6;1-7(2,3)6-8-4-5-9-6/h5-6H,1-4H3;2*4-5H,1-3H3. The Kier molecular flexibility index (Phi) is 7.79. The van der Waals surface area contributed by atoms with Crippen LogP contribution in [0.5, 0.6) is 0 Å². The van der Waals surface area contributed by atoms with Gasteiger partial charge < -0.3 is 8.83 Å². The van der Waals surface area contributed by atoms with Gasteiger partial charge in [-0.3, -0.25) is 4.68 Å². The third-order valence-corrected chi connectivity index (χ3v) is 3.73. The first-order valence-electron chi connectivity index (χ1n) is 9.50. The molecule has 28 heavy (non-hydrogen) atoms. The smallest absolute Gasteiger partial charge is 0.199 e. The Labute approximate surface area is 169 Å². The molecule has 6 nitrogen and oxygen atoms in total. The molecule has 0 aliphatic rings. The highest BCUT2D eigenvalue weighted by atomic mass is 16.3. The molecule has 6 heteroatoms. The van der Waals surface area contributed by atoms with Crippen LogP contribution in [0.25, 0.3) is 0 Å². The van der Waals surface area contributed by atoms with E-state index in [1.165, 1.54) is 6.39 Å².